The fourth-order valence-corrected chi connectivity index (χ4v) is 5.32. The Balaban J connectivity index is 1.58. The predicted octanol–water partition coefficient (Wildman–Crippen LogP) is 8.35. The number of nitrogens with one attached hydrogen (secondary N) is 1. The minimum absolute atomic E-state index is 0.252. The van der Waals surface area contributed by atoms with Crippen LogP contribution in [0, 0.1) is 0 Å². The number of halogens is 4. The van der Waals surface area contributed by atoms with Crippen LogP contribution in [0.5, 0.6) is 0 Å². The van der Waals surface area contributed by atoms with E-state index in [9.17, 15) is 18.0 Å². The summed E-state index contributed by atoms with van der Waals surface area (Å²) in [7, 11) is 0. The topological polar surface area (TPSA) is 55.6 Å². The Morgan fingerprint density at radius 1 is 1.03 bits per heavy atom. The standard InChI is InChI=1S/C29H27BrF3N3O2/c1-27(2,3)38-26(37)35-28(14-7-15-28)20-12-10-18(11-13-20)23-24(19-8-5-4-6-9-19)36-17-21(29(31,32)33)16-22(30)25(36)34-23/h4-6,8-13,16-17H,7,14-15H2,1-3H3,(H,35,37). The molecular weight excluding hydrogens is 559 g/mol. The number of imidazole rings is 1. The largest absolute Gasteiger partial charge is 0.444 e. The molecule has 0 aliphatic heterocycles. The number of fused-ring (bicyclic) bond motifs is 1. The molecule has 0 spiro atoms. The molecule has 0 atom stereocenters. The lowest BCUT2D eigenvalue weighted by atomic mass is 9.71. The van der Waals surface area contributed by atoms with Crippen molar-refractivity contribution in [1.82, 2.24) is 14.7 Å². The summed E-state index contributed by atoms with van der Waals surface area (Å²) < 4.78 is 48.1. The molecule has 0 radical (unpaired) electrons. The molecule has 1 N–H and O–H groups in total. The number of amides is 1. The Bertz CT molecular complexity index is 1490. The van der Waals surface area contributed by atoms with Crippen molar-refractivity contribution in [2.45, 2.75) is 57.3 Å². The molecule has 2 heterocycles. The number of alkyl carbamates (subject to hydrolysis) is 1. The van der Waals surface area contributed by atoms with Gasteiger partial charge in [0.2, 0.25) is 0 Å². The van der Waals surface area contributed by atoms with Gasteiger partial charge in [0.1, 0.15) is 5.60 Å². The van der Waals surface area contributed by atoms with Crippen molar-refractivity contribution in [2.24, 2.45) is 0 Å². The van der Waals surface area contributed by atoms with E-state index in [0.717, 1.165) is 48.2 Å². The fraction of sp³-hybridized carbons (Fsp3) is 0.310. The molecule has 1 aliphatic rings. The molecule has 9 heteroatoms. The van der Waals surface area contributed by atoms with Gasteiger partial charge in [0, 0.05) is 17.3 Å². The van der Waals surface area contributed by atoms with E-state index in [1.807, 2.05) is 75.4 Å². The van der Waals surface area contributed by atoms with Crippen LogP contribution >= 0.6 is 15.9 Å². The average Bonchev–Trinajstić information content (AvgIpc) is 3.21. The number of hydrogen-bond donors (Lipinski definition) is 1. The van der Waals surface area contributed by atoms with Gasteiger partial charge in [0.05, 0.1) is 27.0 Å². The molecule has 2 aromatic heterocycles. The molecule has 198 valence electrons. The Morgan fingerprint density at radius 2 is 1.68 bits per heavy atom. The zero-order valence-electron chi connectivity index (χ0n) is 21.2. The van der Waals surface area contributed by atoms with Gasteiger partial charge in [-0.2, -0.15) is 13.2 Å². The van der Waals surface area contributed by atoms with E-state index in [1.165, 1.54) is 4.40 Å². The van der Waals surface area contributed by atoms with Crippen LogP contribution in [0.2, 0.25) is 0 Å². The number of benzene rings is 2. The highest BCUT2D eigenvalue weighted by molar-refractivity contribution is 9.10. The van der Waals surface area contributed by atoms with Crippen LogP contribution in [-0.2, 0) is 16.5 Å². The third-order valence-corrected chi connectivity index (χ3v) is 7.29. The summed E-state index contributed by atoms with van der Waals surface area (Å²) in [5, 5.41) is 3.05. The highest BCUT2D eigenvalue weighted by Crippen LogP contribution is 2.43. The third kappa shape index (κ3) is 5.04. The van der Waals surface area contributed by atoms with Gasteiger partial charge in [0.15, 0.2) is 5.65 Å². The van der Waals surface area contributed by atoms with Crippen LogP contribution in [0.1, 0.15) is 51.2 Å². The van der Waals surface area contributed by atoms with E-state index >= 15 is 0 Å². The van der Waals surface area contributed by atoms with Crippen LogP contribution in [0.4, 0.5) is 18.0 Å². The van der Waals surface area contributed by atoms with E-state index in [4.69, 9.17) is 9.72 Å². The first-order chi connectivity index (χ1) is 17.9. The van der Waals surface area contributed by atoms with Gasteiger partial charge >= 0.3 is 12.3 Å². The monoisotopic (exact) mass is 585 g/mol. The number of carbonyl (C=O) groups excluding carboxylic acids is 1. The summed E-state index contributed by atoms with van der Waals surface area (Å²) in [6, 6.07) is 18.0. The summed E-state index contributed by atoms with van der Waals surface area (Å²) in [6.07, 6.45) is -1.31. The Kier molecular flexibility index (Phi) is 6.54. The molecular formula is C29H27BrF3N3O2. The number of ether oxygens (including phenoxy) is 1. The lowest BCUT2D eigenvalue weighted by Gasteiger charge is -2.43. The zero-order chi connectivity index (χ0) is 27.3. The van der Waals surface area contributed by atoms with E-state index in [2.05, 4.69) is 21.2 Å². The molecule has 5 rings (SSSR count). The first-order valence-electron chi connectivity index (χ1n) is 12.3. The smallest absolute Gasteiger partial charge is 0.417 e. The van der Waals surface area contributed by atoms with Crippen molar-refractivity contribution in [3.05, 3.63) is 82.5 Å². The van der Waals surface area contributed by atoms with Crippen molar-refractivity contribution in [1.29, 1.82) is 0 Å². The SMILES string of the molecule is CC(C)(C)OC(=O)NC1(c2ccc(-c3nc4c(Br)cc(C(F)(F)F)cn4c3-c3ccccc3)cc2)CCC1. The van der Waals surface area contributed by atoms with E-state index in [1.54, 1.807) is 0 Å². The molecule has 0 saturated heterocycles. The van der Waals surface area contributed by atoms with Gasteiger partial charge in [0.25, 0.3) is 0 Å². The molecule has 2 aromatic carbocycles. The second-order valence-corrected chi connectivity index (χ2v) is 11.4. The summed E-state index contributed by atoms with van der Waals surface area (Å²) in [5.74, 6) is 0. The van der Waals surface area contributed by atoms with E-state index < -0.39 is 29.0 Å². The van der Waals surface area contributed by atoms with Crippen LogP contribution < -0.4 is 5.32 Å². The number of nitrogens with zero attached hydrogens (tertiary/aromatic N) is 2. The molecule has 1 fully saturated rings. The molecule has 1 aliphatic carbocycles. The number of rotatable bonds is 4. The van der Waals surface area contributed by atoms with Crippen LogP contribution in [0.25, 0.3) is 28.2 Å². The van der Waals surface area contributed by atoms with Crippen molar-refractivity contribution in [3.63, 3.8) is 0 Å². The van der Waals surface area contributed by atoms with Crippen LogP contribution in [0.15, 0.2) is 71.3 Å². The fourth-order valence-electron chi connectivity index (χ4n) is 4.79. The third-order valence-electron chi connectivity index (χ3n) is 6.71. The van der Waals surface area contributed by atoms with Gasteiger partial charge in [-0.1, -0.05) is 54.6 Å². The number of aromatic nitrogens is 2. The molecule has 5 nitrogen and oxygen atoms in total. The summed E-state index contributed by atoms with van der Waals surface area (Å²) >= 11 is 3.30. The second kappa shape index (κ2) is 9.45. The first-order valence-corrected chi connectivity index (χ1v) is 13.1. The summed E-state index contributed by atoms with van der Waals surface area (Å²) in [4.78, 5) is 17.3. The van der Waals surface area contributed by atoms with Crippen molar-refractivity contribution in [2.75, 3.05) is 0 Å². The molecule has 38 heavy (non-hydrogen) atoms. The number of hydrogen-bond acceptors (Lipinski definition) is 3. The van der Waals surface area contributed by atoms with Gasteiger partial charge in [-0.15, -0.1) is 0 Å². The normalized spacial score (nSPS) is 15.2. The van der Waals surface area contributed by atoms with Crippen molar-refractivity contribution >= 4 is 27.7 Å². The van der Waals surface area contributed by atoms with Gasteiger partial charge in [-0.3, -0.25) is 4.40 Å². The minimum atomic E-state index is -4.50. The van der Waals surface area contributed by atoms with Gasteiger partial charge in [-0.25, -0.2) is 9.78 Å². The maximum absolute atomic E-state index is 13.6. The Labute approximate surface area is 227 Å². The summed E-state index contributed by atoms with van der Waals surface area (Å²) in [5.41, 5.74) is 2.07. The molecule has 0 bridgehead atoms. The van der Waals surface area contributed by atoms with Crippen LogP contribution in [-0.4, -0.2) is 21.1 Å². The maximum Gasteiger partial charge on any atom is 0.417 e. The lowest BCUT2D eigenvalue weighted by Crippen LogP contribution is -2.52. The van der Waals surface area contributed by atoms with E-state index in [0.29, 0.717) is 17.0 Å². The van der Waals surface area contributed by atoms with Gasteiger partial charge < -0.3 is 10.1 Å². The predicted molar refractivity (Wildman–Crippen MR) is 144 cm³/mol. The highest BCUT2D eigenvalue weighted by Gasteiger charge is 2.41. The molecule has 0 unspecified atom stereocenters. The molecule has 1 saturated carbocycles. The number of pyridine rings is 1. The zero-order valence-corrected chi connectivity index (χ0v) is 22.8. The summed E-state index contributed by atoms with van der Waals surface area (Å²) in [6.45, 7) is 5.47. The molecule has 4 aromatic rings. The van der Waals surface area contributed by atoms with Gasteiger partial charge in [-0.05, 0) is 67.6 Å². The number of carbonyl (C=O) groups is 1. The van der Waals surface area contributed by atoms with E-state index in [-0.39, 0.29) is 4.47 Å². The second-order valence-electron chi connectivity index (χ2n) is 10.6. The maximum atomic E-state index is 13.6. The van der Waals surface area contributed by atoms with Crippen LogP contribution in [0.3, 0.4) is 0 Å². The average molecular weight is 586 g/mol. The Hall–Kier alpha value is -3.33. The Morgan fingerprint density at radius 3 is 2.24 bits per heavy atom. The quantitative estimate of drug-likeness (QED) is 0.262. The lowest BCUT2D eigenvalue weighted by molar-refractivity contribution is -0.137. The minimum Gasteiger partial charge on any atom is -0.444 e. The van der Waals surface area contributed by atoms with Crippen molar-refractivity contribution in [3.8, 4) is 22.5 Å². The highest BCUT2D eigenvalue weighted by atomic mass is 79.9. The number of alkyl halides is 3. The molecule has 1 amide bonds. The van der Waals surface area contributed by atoms with Crippen molar-refractivity contribution < 1.29 is 22.7 Å². The first kappa shape index (κ1) is 26.3.